The standard InChI is InChI=1S/C5H6N4O2S/c1-12(10,11)9-5-4(2-6)3-7-8-5/h3H,1H3,(H2,7,8,9). The molecular formula is C5H6N4O2S. The van der Waals surface area contributed by atoms with Gasteiger partial charge in [-0.05, 0) is 0 Å². The SMILES string of the molecule is CS(=O)(=O)Nc1[nH]ncc1C#N. The molecular weight excluding hydrogens is 180 g/mol. The molecule has 64 valence electrons. The van der Waals surface area contributed by atoms with E-state index in [0.29, 0.717) is 0 Å². The normalized spacial score (nSPS) is 10.7. The number of hydrogen-bond donors (Lipinski definition) is 2. The predicted molar refractivity (Wildman–Crippen MR) is 41.8 cm³/mol. The lowest BCUT2D eigenvalue weighted by atomic mass is 10.4. The van der Waals surface area contributed by atoms with E-state index in [1.807, 2.05) is 0 Å². The number of nitrogens with one attached hydrogen (secondary N) is 2. The van der Waals surface area contributed by atoms with E-state index < -0.39 is 10.0 Å². The zero-order valence-electron chi connectivity index (χ0n) is 6.20. The third kappa shape index (κ3) is 1.96. The maximum absolute atomic E-state index is 10.7. The van der Waals surface area contributed by atoms with Crippen LogP contribution >= 0.6 is 0 Å². The van der Waals surface area contributed by atoms with E-state index in [1.165, 1.54) is 6.20 Å². The molecule has 2 N–H and O–H groups in total. The first kappa shape index (κ1) is 8.55. The molecule has 0 saturated heterocycles. The Hall–Kier alpha value is -1.55. The zero-order valence-corrected chi connectivity index (χ0v) is 7.01. The highest BCUT2D eigenvalue weighted by atomic mass is 32.2. The van der Waals surface area contributed by atoms with Crippen LogP contribution in [-0.4, -0.2) is 24.9 Å². The molecule has 0 aliphatic heterocycles. The quantitative estimate of drug-likeness (QED) is 0.659. The third-order valence-corrected chi connectivity index (χ3v) is 1.62. The summed E-state index contributed by atoms with van der Waals surface area (Å²) in [6, 6.07) is 1.78. The molecule has 0 unspecified atom stereocenters. The summed E-state index contributed by atoms with van der Waals surface area (Å²) >= 11 is 0. The van der Waals surface area contributed by atoms with Crippen molar-refractivity contribution < 1.29 is 8.42 Å². The lowest BCUT2D eigenvalue weighted by Crippen LogP contribution is -2.10. The van der Waals surface area contributed by atoms with Crippen LogP contribution in [0.5, 0.6) is 0 Å². The Morgan fingerprint density at radius 2 is 2.42 bits per heavy atom. The Morgan fingerprint density at radius 3 is 2.92 bits per heavy atom. The largest absolute Gasteiger partial charge is 0.267 e. The predicted octanol–water partition coefficient (Wildman–Crippen LogP) is -0.347. The molecule has 0 radical (unpaired) electrons. The number of H-pyrrole nitrogens is 1. The van der Waals surface area contributed by atoms with Crippen LogP contribution in [-0.2, 0) is 10.0 Å². The summed E-state index contributed by atoms with van der Waals surface area (Å²) in [5.74, 6) is 0.0972. The minimum absolute atomic E-state index is 0.0972. The third-order valence-electron chi connectivity index (χ3n) is 1.05. The van der Waals surface area contributed by atoms with E-state index in [1.54, 1.807) is 6.07 Å². The van der Waals surface area contributed by atoms with E-state index in [9.17, 15) is 8.42 Å². The second kappa shape index (κ2) is 2.83. The lowest BCUT2D eigenvalue weighted by Gasteiger charge is -1.98. The summed E-state index contributed by atoms with van der Waals surface area (Å²) < 4.78 is 23.5. The van der Waals surface area contributed by atoms with Crippen LogP contribution in [0.15, 0.2) is 6.20 Å². The minimum Gasteiger partial charge on any atom is -0.267 e. The summed E-state index contributed by atoms with van der Waals surface area (Å²) in [6.45, 7) is 0. The fourth-order valence-corrected chi connectivity index (χ4v) is 1.16. The summed E-state index contributed by atoms with van der Waals surface area (Å²) in [4.78, 5) is 0. The highest BCUT2D eigenvalue weighted by molar-refractivity contribution is 7.92. The molecule has 1 aromatic heterocycles. The maximum atomic E-state index is 10.7. The second-order valence-corrected chi connectivity index (χ2v) is 3.89. The Labute approximate surface area is 69.3 Å². The monoisotopic (exact) mass is 186 g/mol. The fourth-order valence-electron chi connectivity index (χ4n) is 0.634. The molecule has 6 nitrogen and oxygen atoms in total. The highest BCUT2D eigenvalue weighted by Gasteiger charge is 2.08. The maximum Gasteiger partial charge on any atom is 0.230 e. The minimum atomic E-state index is -3.35. The Balaban J connectivity index is 2.99. The zero-order chi connectivity index (χ0) is 9.19. The van der Waals surface area contributed by atoms with Crippen LogP contribution < -0.4 is 4.72 Å². The van der Waals surface area contributed by atoms with Crippen LogP contribution in [0.25, 0.3) is 0 Å². The van der Waals surface area contributed by atoms with E-state index >= 15 is 0 Å². The average molecular weight is 186 g/mol. The molecule has 1 heterocycles. The number of aromatic amines is 1. The van der Waals surface area contributed by atoms with Crippen LogP contribution in [0.1, 0.15) is 5.56 Å². The smallest absolute Gasteiger partial charge is 0.230 e. The van der Waals surface area contributed by atoms with Crippen molar-refractivity contribution in [1.29, 1.82) is 5.26 Å². The van der Waals surface area contributed by atoms with Gasteiger partial charge in [0.15, 0.2) is 5.82 Å². The molecule has 0 aliphatic rings. The number of hydrogen-bond acceptors (Lipinski definition) is 4. The average Bonchev–Trinajstić information content (AvgIpc) is 2.31. The molecule has 0 aromatic carbocycles. The summed E-state index contributed by atoms with van der Waals surface area (Å²) in [5, 5.41) is 14.3. The molecule has 12 heavy (non-hydrogen) atoms. The van der Waals surface area contributed by atoms with Crippen molar-refractivity contribution in [3.05, 3.63) is 11.8 Å². The highest BCUT2D eigenvalue weighted by Crippen LogP contribution is 2.09. The molecule has 0 amide bonds. The number of rotatable bonds is 2. The van der Waals surface area contributed by atoms with E-state index in [4.69, 9.17) is 5.26 Å². The van der Waals surface area contributed by atoms with Gasteiger partial charge in [0, 0.05) is 0 Å². The number of anilines is 1. The van der Waals surface area contributed by atoms with Crippen molar-refractivity contribution in [2.24, 2.45) is 0 Å². The lowest BCUT2D eigenvalue weighted by molar-refractivity contribution is 0.606. The first-order valence-corrected chi connectivity index (χ1v) is 4.83. The van der Waals surface area contributed by atoms with Crippen molar-refractivity contribution in [1.82, 2.24) is 10.2 Å². The first-order chi connectivity index (χ1) is 5.53. The van der Waals surface area contributed by atoms with Gasteiger partial charge in [0.2, 0.25) is 10.0 Å². The Morgan fingerprint density at radius 1 is 1.75 bits per heavy atom. The molecule has 0 saturated carbocycles. The number of nitriles is 1. The van der Waals surface area contributed by atoms with E-state index in [0.717, 1.165) is 6.26 Å². The van der Waals surface area contributed by atoms with Crippen LogP contribution in [0, 0.1) is 11.3 Å². The van der Waals surface area contributed by atoms with E-state index in [2.05, 4.69) is 14.9 Å². The van der Waals surface area contributed by atoms with Gasteiger partial charge in [-0.25, -0.2) is 8.42 Å². The molecule has 1 rings (SSSR count). The molecule has 0 spiro atoms. The molecule has 0 fully saturated rings. The molecule has 7 heteroatoms. The van der Waals surface area contributed by atoms with Gasteiger partial charge in [0.05, 0.1) is 12.5 Å². The summed E-state index contributed by atoms with van der Waals surface area (Å²) in [5.41, 5.74) is 0.167. The summed E-state index contributed by atoms with van der Waals surface area (Å²) in [6.07, 6.45) is 2.24. The van der Waals surface area contributed by atoms with Gasteiger partial charge in [-0.3, -0.25) is 9.82 Å². The number of nitrogens with zero attached hydrogens (tertiary/aromatic N) is 2. The number of sulfonamides is 1. The van der Waals surface area contributed by atoms with Crippen LogP contribution in [0.3, 0.4) is 0 Å². The van der Waals surface area contributed by atoms with Crippen molar-refractivity contribution in [2.45, 2.75) is 0 Å². The first-order valence-electron chi connectivity index (χ1n) is 2.94. The van der Waals surface area contributed by atoms with Gasteiger partial charge in [-0.15, -0.1) is 0 Å². The van der Waals surface area contributed by atoms with Gasteiger partial charge < -0.3 is 0 Å². The molecule has 0 atom stereocenters. The topological polar surface area (TPSA) is 98.6 Å². The van der Waals surface area contributed by atoms with Crippen molar-refractivity contribution in [3.8, 4) is 6.07 Å². The van der Waals surface area contributed by atoms with Crippen molar-refractivity contribution in [2.75, 3.05) is 11.0 Å². The van der Waals surface area contributed by atoms with Crippen molar-refractivity contribution >= 4 is 15.8 Å². The van der Waals surface area contributed by atoms with Gasteiger partial charge >= 0.3 is 0 Å². The van der Waals surface area contributed by atoms with Crippen molar-refractivity contribution in [3.63, 3.8) is 0 Å². The van der Waals surface area contributed by atoms with Crippen LogP contribution in [0.2, 0.25) is 0 Å². The van der Waals surface area contributed by atoms with E-state index in [-0.39, 0.29) is 11.4 Å². The van der Waals surface area contributed by atoms with Crippen LogP contribution in [0.4, 0.5) is 5.82 Å². The Kier molecular flexibility index (Phi) is 2.01. The number of aromatic nitrogens is 2. The van der Waals surface area contributed by atoms with Gasteiger partial charge in [-0.2, -0.15) is 10.4 Å². The fraction of sp³-hybridized carbons (Fsp3) is 0.200. The molecule has 0 bridgehead atoms. The van der Waals surface area contributed by atoms with Gasteiger partial charge in [0.25, 0.3) is 0 Å². The molecule has 1 aromatic rings. The second-order valence-electron chi connectivity index (χ2n) is 2.14. The molecule has 0 aliphatic carbocycles. The summed E-state index contributed by atoms with van der Waals surface area (Å²) in [7, 11) is -3.35. The Bertz CT molecular complexity index is 413. The van der Waals surface area contributed by atoms with Gasteiger partial charge in [0.1, 0.15) is 11.6 Å². The van der Waals surface area contributed by atoms with Gasteiger partial charge in [-0.1, -0.05) is 0 Å².